The Morgan fingerprint density at radius 1 is 0.656 bits per heavy atom. The van der Waals surface area contributed by atoms with Crippen molar-refractivity contribution in [3.05, 3.63) is 108 Å². The van der Waals surface area contributed by atoms with Gasteiger partial charge < -0.3 is 4.90 Å². The van der Waals surface area contributed by atoms with Gasteiger partial charge in [0.1, 0.15) is 23.1 Å². The van der Waals surface area contributed by atoms with E-state index < -0.39 is 0 Å². The van der Waals surface area contributed by atoms with E-state index in [1.165, 1.54) is 0 Å². The number of hydrogen-bond donors (Lipinski definition) is 2. The summed E-state index contributed by atoms with van der Waals surface area (Å²) in [7, 11) is 0. The highest BCUT2D eigenvalue weighted by Crippen LogP contribution is 2.47. The van der Waals surface area contributed by atoms with Crippen molar-refractivity contribution in [2.75, 3.05) is 9.80 Å². The van der Waals surface area contributed by atoms with Crippen molar-refractivity contribution in [3.63, 3.8) is 0 Å². The Kier molecular flexibility index (Phi) is 3.94. The molecule has 0 spiro atoms. The van der Waals surface area contributed by atoms with Crippen LogP contribution >= 0.6 is 0 Å². The molecule has 3 aromatic heterocycles. The second-order valence-corrected chi connectivity index (χ2v) is 7.40. The molecule has 0 saturated carbocycles. The Hall–Kier alpha value is -4.65. The summed E-state index contributed by atoms with van der Waals surface area (Å²) in [5, 5.41) is 18.2. The SMILES string of the molecule is N=C1/C(=C2\C(=N)N(c3ccccc3)c3ncccc32)N(c2ccncc2)c2cccnc21. The summed E-state index contributed by atoms with van der Waals surface area (Å²) in [5.74, 6) is 0.953. The second-order valence-electron chi connectivity index (χ2n) is 7.40. The molecule has 0 radical (unpaired) electrons. The smallest absolute Gasteiger partial charge is 0.146 e. The molecule has 0 aliphatic carbocycles. The monoisotopic (exact) mass is 415 g/mol. The summed E-state index contributed by atoms with van der Waals surface area (Å²) in [6.45, 7) is 0. The number of hydrogen-bond acceptors (Lipinski definition) is 6. The van der Waals surface area contributed by atoms with E-state index in [-0.39, 0.29) is 11.5 Å². The minimum atomic E-state index is 0.275. The maximum absolute atomic E-state index is 9.17. The van der Waals surface area contributed by atoms with E-state index in [0.717, 1.165) is 22.6 Å². The lowest BCUT2D eigenvalue weighted by molar-refractivity contribution is 1.22. The van der Waals surface area contributed by atoms with E-state index in [4.69, 9.17) is 5.41 Å². The normalized spacial score (nSPS) is 17.0. The summed E-state index contributed by atoms with van der Waals surface area (Å²) in [5.41, 5.74) is 5.46. The van der Waals surface area contributed by atoms with Crippen LogP contribution in [0.4, 0.5) is 22.9 Å². The quantitative estimate of drug-likeness (QED) is 0.484. The molecule has 7 nitrogen and oxygen atoms in total. The largest absolute Gasteiger partial charge is 0.305 e. The highest BCUT2D eigenvalue weighted by atomic mass is 15.3. The van der Waals surface area contributed by atoms with Crippen LogP contribution in [0.2, 0.25) is 0 Å². The van der Waals surface area contributed by atoms with E-state index >= 15 is 0 Å². The Labute approximate surface area is 184 Å². The fraction of sp³-hybridized carbons (Fsp3) is 0. The topological polar surface area (TPSA) is 92.9 Å². The van der Waals surface area contributed by atoms with Crippen molar-refractivity contribution < 1.29 is 0 Å². The van der Waals surface area contributed by atoms with E-state index in [1.807, 2.05) is 76.5 Å². The van der Waals surface area contributed by atoms with Gasteiger partial charge in [0.05, 0.1) is 17.0 Å². The zero-order chi connectivity index (χ0) is 21.7. The van der Waals surface area contributed by atoms with Crippen molar-refractivity contribution in [1.29, 1.82) is 10.8 Å². The number of nitrogens with one attached hydrogen (secondary N) is 2. The molecule has 32 heavy (non-hydrogen) atoms. The average Bonchev–Trinajstić information content (AvgIpc) is 3.30. The van der Waals surface area contributed by atoms with Gasteiger partial charge in [-0.2, -0.15) is 0 Å². The Morgan fingerprint density at radius 3 is 2.19 bits per heavy atom. The molecular weight excluding hydrogens is 398 g/mol. The van der Waals surface area contributed by atoms with Gasteiger partial charge >= 0.3 is 0 Å². The van der Waals surface area contributed by atoms with Crippen LogP contribution in [0.1, 0.15) is 11.3 Å². The average molecular weight is 415 g/mol. The Bertz CT molecular complexity index is 1410. The van der Waals surface area contributed by atoms with Crippen LogP contribution in [0.25, 0.3) is 5.57 Å². The molecule has 0 unspecified atom stereocenters. The molecule has 2 aliphatic heterocycles. The molecular formula is C25H17N7. The van der Waals surface area contributed by atoms with Crippen LogP contribution in [0, 0.1) is 10.8 Å². The van der Waals surface area contributed by atoms with Gasteiger partial charge in [-0.1, -0.05) is 18.2 Å². The molecule has 2 aliphatic rings. The number of pyridine rings is 3. The Balaban J connectivity index is 1.65. The predicted molar refractivity (Wildman–Crippen MR) is 125 cm³/mol. The second kappa shape index (κ2) is 6.95. The first kappa shape index (κ1) is 18.1. The molecule has 0 bridgehead atoms. The van der Waals surface area contributed by atoms with Crippen molar-refractivity contribution >= 4 is 40.0 Å². The first-order chi connectivity index (χ1) is 15.8. The highest BCUT2D eigenvalue weighted by Gasteiger charge is 2.41. The molecule has 1 aromatic carbocycles. The van der Waals surface area contributed by atoms with Gasteiger partial charge in [-0.05, 0) is 48.5 Å². The van der Waals surface area contributed by atoms with Crippen LogP contribution in [0.15, 0.2) is 97.2 Å². The molecule has 7 heteroatoms. The fourth-order valence-corrected chi connectivity index (χ4v) is 4.30. The van der Waals surface area contributed by atoms with Gasteiger partial charge in [0.15, 0.2) is 0 Å². The lowest BCUT2D eigenvalue weighted by atomic mass is 10.0. The van der Waals surface area contributed by atoms with Gasteiger partial charge in [0.2, 0.25) is 0 Å². The maximum atomic E-state index is 9.17. The first-order valence-electron chi connectivity index (χ1n) is 10.1. The first-order valence-corrected chi connectivity index (χ1v) is 10.1. The lowest BCUT2D eigenvalue weighted by Crippen LogP contribution is -2.24. The lowest BCUT2D eigenvalue weighted by Gasteiger charge is -2.23. The van der Waals surface area contributed by atoms with Crippen molar-refractivity contribution in [3.8, 4) is 0 Å². The number of rotatable bonds is 2. The van der Waals surface area contributed by atoms with E-state index in [0.29, 0.717) is 22.8 Å². The molecule has 5 heterocycles. The van der Waals surface area contributed by atoms with Crippen LogP contribution in [-0.4, -0.2) is 26.5 Å². The van der Waals surface area contributed by atoms with Crippen molar-refractivity contribution in [1.82, 2.24) is 15.0 Å². The third kappa shape index (κ3) is 2.51. The molecule has 0 saturated heterocycles. The van der Waals surface area contributed by atoms with Gasteiger partial charge in [0.25, 0.3) is 0 Å². The van der Waals surface area contributed by atoms with E-state index in [2.05, 4.69) is 15.0 Å². The predicted octanol–water partition coefficient (Wildman–Crippen LogP) is 4.93. The number of allylic oxidation sites excluding steroid dienone is 1. The standard InChI is InChI=1S/C25H17N7/c26-21-22-19(9-5-12-29-22)31(17-10-14-28-15-11-17)23(21)20-18-8-4-13-30-25(18)32(24(20)27)16-6-2-1-3-7-16/h1-15,26-27H/b23-20+,26-21?,27-24?. The molecule has 2 N–H and O–H groups in total. The number of anilines is 4. The molecule has 4 aromatic rings. The minimum absolute atomic E-state index is 0.275. The Morgan fingerprint density at radius 2 is 1.38 bits per heavy atom. The minimum Gasteiger partial charge on any atom is -0.305 e. The summed E-state index contributed by atoms with van der Waals surface area (Å²) in [6.07, 6.45) is 6.87. The third-order valence-corrected chi connectivity index (χ3v) is 5.62. The van der Waals surface area contributed by atoms with Crippen LogP contribution in [-0.2, 0) is 0 Å². The number of para-hydroxylation sites is 1. The number of nitrogens with zero attached hydrogens (tertiary/aromatic N) is 5. The summed E-state index contributed by atoms with van der Waals surface area (Å²) in [6, 6.07) is 21.2. The third-order valence-electron chi connectivity index (χ3n) is 5.62. The molecule has 0 fully saturated rings. The van der Waals surface area contributed by atoms with Crippen molar-refractivity contribution in [2.45, 2.75) is 0 Å². The number of aromatic nitrogens is 3. The van der Waals surface area contributed by atoms with Crippen LogP contribution in [0.3, 0.4) is 0 Å². The van der Waals surface area contributed by atoms with E-state index in [1.54, 1.807) is 24.8 Å². The van der Waals surface area contributed by atoms with Gasteiger partial charge in [-0.3, -0.25) is 25.7 Å². The number of benzene rings is 1. The molecule has 6 rings (SSSR count). The molecule has 0 atom stereocenters. The number of amidine groups is 1. The van der Waals surface area contributed by atoms with Gasteiger partial charge in [-0.25, -0.2) is 4.98 Å². The van der Waals surface area contributed by atoms with Crippen molar-refractivity contribution in [2.24, 2.45) is 0 Å². The van der Waals surface area contributed by atoms with Gasteiger partial charge in [-0.15, -0.1) is 0 Å². The van der Waals surface area contributed by atoms with Crippen LogP contribution < -0.4 is 9.80 Å². The number of fused-ring (bicyclic) bond motifs is 2. The highest BCUT2D eigenvalue weighted by molar-refractivity contribution is 6.42. The zero-order valence-corrected chi connectivity index (χ0v) is 16.9. The maximum Gasteiger partial charge on any atom is 0.146 e. The summed E-state index contributed by atoms with van der Waals surface area (Å²) < 4.78 is 0. The van der Waals surface area contributed by atoms with Gasteiger partial charge in [0, 0.05) is 41.7 Å². The molecule has 0 amide bonds. The summed E-state index contributed by atoms with van der Waals surface area (Å²) in [4.78, 5) is 17.0. The van der Waals surface area contributed by atoms with Crippen LogP contribution in [0.5, 0.6) is 0 Å². The fourth-order valence-electron chi connectivity index (χ4n) is 4.30. The molecule has 152 valence electrons. The zero-order valence-electron chi connectivity index (χ0n) is 16.9. The van der Waals surface area contributed by atoms with E-state index in [9.17, 15) is 5.41 Å². The summed E-state index contributed by atoms with van der Waals surface area (Å²) >= 11 is 0.